The van der Waals surface area contributed by atoms with E-state index in [-0.39, 0.29) is 36.4 Å². The van der Waals surface area contributed by atoms with Crippen molar-refractivity contribution < 1.29 is 18.8 Å². The molecule has 0 saturated heterocycles. The molecule has 0 fully saturated rings. The maximum Gasteiger partial charge on any atom is 0.290 e. The lowest BCUT2D eigenvalue weighted by Gasteiger charge is -2.28. The number of carbonyl (C=O) groups is 3. The Bertz CT molecular complexity index is 1130. The zero-order valence-corrected chi connectivity index (χ0v) is 19.3. The zero-order chi connectivity index (χ0) is 23.2. The average Bonchev–Trinajstić information content (AvgIpc) is 3.50. The first-order chi connectivity index (χ1) is 16.0. The number of amides is 3. The highest BCUT2D eigenvalue weighted by molar-refractivity contribution is 7.13. The van der Waals surface area contributed by atoms with Crippen LogP contribution in [0.4, 0.5) is 5.13 Å². The largest absolute Gasteiger partial charge is 0.459 e. The number of benzene rings is 1. The van der Waals surface area contributed by atoms with Gasteiger partial charge in [-0.1, -0.05) is 31.2 Å². The molecule has 3 heterocycles. The van der Waals surface area contributed by atoms with E-state index < -0.39 is 0 Å². The van der Waals surface area contributed by atoms with Gasteiger partial charge in [0.2, 0.25) is 11.8 Å². The normalized spacial score (nSPS) is 12.8. The third-order valence-electron chi connectivity index (χ3n) is 5.46. The first-order valence-corrected chi connectivity index (χ1v) is 11.8. The molecule has 9 heteroatoms. The molecular weight excluding hydrogens is 440 g/mol. The molecule has 0 spiro atoms. The molecule has 1 aliphatic rings. The number of hydrogen-bond donors (Lipinski definition) is 1. The Morgan fingerprint density at radius 1 is 1.18 bits per heavy atom. The van der Waals surface area contributed by atoms with Crippen molar-refractivity contribution >= 4 is 34.2 Å². The number of thiazole rings is 1. The summed E-state index contributed by atoms with van der Waals surface area (Å²) in [5.74, 6) is -0.453. The fourth-order valence-corrected chi connectivity index (χ4v) is 4.56. The molecule has 0 unspecified atom stereocenters. The van der Waals surface area contributed by atoms with Gasteiger partial charge in [0.25, 0.3) is 5.91 Å². The fraction of sp³-hybridized carbons (Fsp3) is 0.333. The number of anilines is 1. The van der Waals surface area contributed by atoms with Crippen LogP contribution < -0.4 is 5.32 Å². The molecule has 4 rings (SSSR count). The molecule has 0 atom stereocenters. The van der Waals surface area contributed by atoms with Crippen LogP contribution in [-0.2, 0) is 29.0 Å². The van der Waals surface area contributed by atoms with Crippen LogP contribution in [0.3, 0.4) is 0 Å². The number of hydrogen-bond acceptors (Lipinski definition) is 6. The van der Waals surface area contributed by atoms with E-state index in [0.717, 1.165) is 6.42 Å². The summed E-state index contributed by atoms with van der Waals surface area (Å²) in [5, 5.41) is 4.93. The summed E-state index contributed by atoms with van der Waals surface area (Å²) in [6, 6.07) is 11.4. The molecule has 1 N–H and O–H groups in total. The molecular formula is C24H26N4O4S. The molecule has 3 amide bonds. The van der Waals surface area contributed by atoms with Gasteiger partial charge in [0, 0.05) is 25.0 Å². The summed E-state index contributed by atoms with van der Waals surface area (Å²) >= 11 is 1.27. The second-order valence-electron chi connectivity index (χ2n) is 7.91. The highest BCUT2D eigenvalue weighted by Crippen LogP contribution is 2.21. The molecule has 8 nitrogen and oxygen atoms in total. The van der Waals surface area contributed by atoms with Crippen LogP contribution in [-0.4, -0.2) is 52.1 Å². The average molecular weight is 467 g/mol. The Labute approximate surface area is 196 Å². The van der Waals surface area contributed by atoms with Gasteiger partial charge in [0.05, 0.1) is 18.4 Å². The van der Waals surface area contributed by atoms with Gasteiger partial charge >= 0.3 is 0 Å². The van der Waals surface area contributed by atoms with Crippen LogP contribution in [0.15, 0.2) is 52.5 Å². The first-order valence-electron chi connectivity index (χ1n) is 10.9. The standard InChI is InChI=1S/C24H26N4O4S/c1-2-10-28(23(31)20-8-5-12-32-20)15-21(29)26-24-25-19(16-33-24)13-22(30)27-11-9-17-6-3-4-7-18(17)14-27/h3-8,12,16H,2,9-11,13-15H2,1H3,(H,25,26,29). The molecule has 1 aromatic carbocycles. The molecule has 33 heavy (non-hydrogen) atoms. The summed E-state index contributed by atoms with van der Waals surface area (Å²) < 4.78 is 5.16. The molecule has 3 aromatic rings. The highest BCUT2D eigenvalue weighted by Gasteiger charge is 2.23. The van der Waals surface area contributed by atoms with Crippen LogP contribution in [0.2, 0.25) is 0 Å². The van der Waals surface area contributed by atoms with E-state index >= 15 is 0 Å². The van der Waals surface area contributed by atoms with Crippen molar-refractivity contribution in [2.24, 2.45) is 0 Å². The molecule has 1 aliphatic heterocycles. The molecule has 172 valence electrons. The number of furan rings is 1. The number of carbonyl (C=O) groups excluding carboxylic acids is 3. The van der Waals surface area contributed by atoms with Gasteiger partial charge in [-0.15, -0.1) is 11.3 Å². The van der Waals surface area contributed by atoms with Crippen molar-refractivity contribution in [2.45, 2.75) is 32.7 Å². The zero-order valence-electron chi connectivity index (χ0n) is 18.5. The molecule has 0 saturated carbocycles. The monoisotopic (exact) mass is 466 g/mol. The molecule has 0 radical (unpaired) electrons. The van der Waals surface area contributed by atoms with E-state index in [1.54, 1.807) is 17.5 Å². The van der Waals surface area contributed by atoms with Gasteiger partial charge in [-0.25, -0.2) is 4.98 Å². The minimum Gasteiger partial charge on any atom is -0.459 e. The second-order valence-corrected chi connectivity index (χ2v) is 8.77. The predicted octanol–water partition coefficient (Wildman–Crippen LogP) is 3.35. The van der Waals surface area contributed by atoms with Gasteiger partial charge in [0.15, 0.2) is 10.9 Å². The SMILES string of the molecule is CCCN(CC(=O)Nc1nc(CC(=O)N2CCc3ccccc3C2)cs1)C(=O)c1ccco1. The van der Waals surface area contributed by atoms with Gasteiger partial charge in [-0.05, 0) is 36.1 Å². The van der Waals surface area contributed by atoms with Gasteiger partial charge in [-0.2, -0.15) is 0 Å². The summed E-state index contributed by atoms with van der Waals surface area (Å²) in [5.41, 5.74) is 3.10. The number of nitrogens with zero attached hydrogens (tertiary/aromatic N) is 3. The second kappa shape index (κ2) is 10.4. The molecule has 2 aromatic heterocycles. The Kier molecular flexibility index (Phi) is 7.19. The van der Waals surface area contributed by atoms with E-state index in [0.29, 0.717) is 36.9 Å². The van der Waals surface area contributed by atoms with Gasteiger partial charge < -0.3 is 19.5 Å². The van der Waals surface area contributed by atoms with E-state index in [4.69, 9.17) is 4.42 Å². The summed E-state index contributed by atoms with van der Waals surface area (Å²) in [7, 11) is 0. The Hall–Kier alpha value is -3.46. The van der Waals surface area contributed by atoms with E-state index in [1.165, 1.54) is 33.6 Å². The van der Waals surface area contributed by atoms with Crippen molar-refractivity contribution in [1.29, 1.82) is 0 Å². The van der Waals surface area contributed by atoms with Crippen molar-refractivity contribution in [1.82, 2.24) is 14.8 Å². The van der Waals surface area contributed by atoms with Gasteiger partial charge in [0.1, 0.15) is 6.54 Å². The van der Waals surface area contributed by atoms with Crippen molar-refractivity contribution in [3.05, 3.63) is 70.6 Å². The van der Waals surface area contributed by atoms with Crippen LogP contribution in [0.1, 0.15) is 40.7 Å². The smallest absolute Gasteiger partial charge is 0.290 e. The lowest BCUT2D eigenvalue weighted by molar-refractivity contribution is -0.131. The van der Waals surface area contributed by atoms with Crippen molar-refractivity contribution in [2.75, 3.05) is 25.0 Å². The minimum absolute atomic E-state index is 0.0193. The lowest BCUT2D eigenvalue weighted by atomic mass is 10.00. The fourth-order valence-electron chi connectivity index (χ4n) is 3.83. The predicted molar refractivity (Wildman–Crippen MR) is 125 cm³/mol. The van der Waals surface area contributed by atoms with Crippen molar-refractivity contribution in [3.8, 4) is 0 Å². The topological polar surface area (TPSA) is 95.8 Å². The van der Waals surface area contributed by atoms with E-state index in [2.05, 4.69) is 22.4 Å². The molecule has 0 aliphatic carbocycles. The van der Waals surface area contributed by atoms with E-state index in [9.17, 15) is 14.4 Å². The van der Waals surface area contributed by atoms with Gasteiger partial charge in [-0.3, -0.25) is 14.4 Å². The van der Waals surface area contributed by atoms with Crippen LogP contribution in [0, 0.1) is 0 Å². The number of fused-ring (bicyclic) bond motifs is 1. The Balaban J connectivity index is 1.31. The Morgan fingerprint density at radius 3 is 2.76 bits per heavy atom. The summed E-state index contributed by atoms with van der Waals surface area (Å²) in [6.07, 6.45) is 3.18. The highest BCUT2D eigenvalue weighted by atomic mass is 32.1. The summed E-state index contributed by atoms with van der Waals surface area (Å²) in [4.78, 5) is 45.5. The Morgan fingerprint density at radius 2 is 2.00 bits per heavy atom. The maximum atomic E-state index is 12.8. The van der Waals surface area contributed by atoms with Crippen LogP contribution in [0.25, 0.3) is 0 Å². The molecule has 0 bridgehead atoms. The summed E-state index contributed by atoms with van der Waals surface area (Å²) in [6.45, 7) is 3.57. The number of nitrogens with one attached hydrogen (secondary N) is 1. The third-order valence-corrected chi connectivity index (χ3v) is 6.27. The van der Waals surface area contributed by atoms with Crippen LogP contribution in [0.5, 0.6) is 0 Å². The van der Waals surface area contributed by atoms with E-state index in [1.807, 2.05) is 24.0 Å². The third kappa shape index (κ3) is 5.67. The van der Waals surface area contributed by atoms with Crippen molar-refractivity contribution in [3.63, 3.8) is 0 Å². The maximum absolute atomic E-state index is 12.8. The first kappa shape index (κ1) is 22.7. The lowest BCUT2D eigenvalue weighted by Crippen LogP contribution is -2.38. The number of aromatic nitrogens is 1. The quantitative estimate of drug-likeness (QED) is 0.549. The van der Waals surface area contributed by atoms with Crippen LogP contribution >= 0.6 is 11.3 Å². The number of rotatable bonds is 8. The minimum atomic E-state index is -0.344.